The van der Waals surface area contributed by atoms with Crippen molar-refractivity contribution in [1.29, 1.82) is 0 Å². The number of rotatable bonds is 2. The number of carboxylic acid groups (broad SMARTS) is 1. The summed E-state index contributed by atoms with van der Waals surface area (Å²) in [5.41, 5.74) is 0.620. The Morgan fingerprint density at radius 3 is 3.07 bits per heavy atom. The van der Waals surface area contributed by atoms with E-state index in [-0.39, 0.29) is 6.54 Å². The van der Waals surface area contributed by atoms with Crippen LogP contribution in [0.15, 0.2) is 23.2 Å². The Balaban J connectivity index is 2.58. The van der Waals surface area contributed by atoms with Gasteiger partial charge in [0.2, 0.25) is 0 Å². The second-order valence-corrected chi connectivity index (χ2v) is 3.49. The van der Waals surface area contributed by atoms with Crippen LogP contribution in [-0.2, 0) is 11.3 Å². The van der Waals surface area contributed by atoms with Gasteiger partial charge in [-0.1, -0.05) is 0 Å². The van der Waals surface area contributed by atoms with E-state index in [1.165, 1.54) is 6.33 Å². The maximum Gasteiger partial charge on any atom is 0.323 e. The van der Waals surface area contributed by atoms with Crippen molar-refractivity contribution in [2.24, 2.45) is 0 Å². The van der Waals surface area contributed by atoms with Crippen LogP contribution >= 0.6 is 15.9 Å². The van der Waals surface area contributed by atoms with Crippen LogP contribution in [0.1, 0.15) is 0 Å². The molecule has 6 heteroatoms. The first-order valence-corrected chi connectivity index (χ1v) is 4.65. The highest BCUT2D eigenvalue weighted by Crippen LogP contribution is 2.20. The van der Waals surface area contributed by atoms with E-state index in [1.807, 2.05) is 0 Å². The van der Waals surface area contributed by atoms with Crippen LogP contribution in [-0.4, -0.2) is 25.6 Å². The minimum Gasteiger partial charge on any atom is -0.480 e. The van der Waals surface area contributed by atoms with Gasteiger partial charge in [-0.2, -0.15) is 0 Å². The molecule has 2 heterocycles. The van der Waals surface area contributed by atoms with Gasteiger partial charge in [-0.25, -0.2) is 9.97 Å². The molecule has 1 N–H and O–H groups in total. The number of hydrogen-bond acceptors (Lipinski definition) is 3. The van der Waals surface area contributed by atoms with Gasteiger partial charge in [-0.05, 0) is 22.0 Å². The summed E-state index contributed by atoms with van der Waals surface area (Å²) in [7, 11) is 0. The van der Waals surface area contributed by atoms with Crippen LogP contribution in [0.3, 0.4) is 0 Å². The Morgan fingerprint density at radius 2 is 2.36 bits per heavy atom. The van der Waals surface area contributed by atoms with E-state index in [2.05, 4.69) is 25.9 Å². The third-order valence-electron chi connectivity index (χ3n) is 1.81. The van der Waals surface area contributed by atoms with E-state index < -0.39 is 5.97 Å². The van der Waals surface area contributed by atoms with Crippen molar-refractivity contribution in [3.05, 3.63) is 23.2 Å². The number of hydrogen-bond donors (Lipinski definition) is 1. The number of carbonyl (C=O) groups is 1. The Hall–Kier alpha value is -1.43. The lowest BCUT2D eigenvalue weighted by Gasteiger charge is -1.99. The molecule has 0 atom stereocenters. The Kier molecular flexibility index (Phi) is 2.20. The number of aromatic nitrogens is 3. The molecular formula is C8H6BrN3O2. The van der Waals surface area contributed by atoms with E-state index in [0.29, 0.717) is 10.3 Å². The van der Waals surface area contributed by atoms with Crippen molar-refractivity contribution in [1.82, 2.24) is 14.5 Å². The molecule has 0 aliphatic carbocycles. The Morgan fingerprint density at radius 1 is 1.57 bits per heavy atom. The molecule has 0 saturated heterocycles. The summed E-state index contributed by atoms with van der Waals surface area (Å²) in [6.07, 6.45) is 3.07. The summed E-state index contributed by atoms with van der Waals surface area (Å²) >= 11 is 3.26. The van der Waals surface area contributed by atoms with Gasteiger partial charge >= 0.3 is 5.97 Å². The first kappa shape index (κ1) is 9.14. The lowest BCUT2D eigenvalue weighted by Crippen LogP contribution is -2.07. The molecule has 2 aromatic rings. The van der Waals surface area contributed by atoms with Gasteiger partial charge < -0.3 is 9.67 Å². The zero-order valence-electron chi connectivity index (χ0n) is 7.01. The molecule has 5 nitrogen and oxygen atoms in total. The van der Waals surface area contributed by atoms with Gasteiger partial charge in [0.25, 0.3) is 0 Å². The molecule has 0 amide bonds. The molecule has 0 fully saturated rings. The molecule has 14 heavy (non-hydrogen) atoms. The average Bonchev–Trinajstić information content (AvgIpc) is 2.49. The van der Waals surface area contributed by atoms with Crippen LogP contribution in [0.2, 0.25) is 0 Å². The number of aliphatic carboxylic acids is 1. The van der Waals surface area contributed by atoms with Crippen LogP contribution in [0.4, 0.5) is 0 Å². The molecule has 0 saturated carbocycles. The minimum absolute atomic E-state index is 0.0903. The van der Waals surface area contributed by atoms with Crippen molar-refractivity contribution in [2.75, 3.05) is 0 Å². The fourth-order valence-electron chi connectivity index (χ4n) is 1.25. The summed E-state index contributed by atoms with van der Waals surface area (Å²) in [6, 6.07) is 1.78. The highest BCUT2D eigenvalue weighted by Gasteiger charge is 2.07. The van der Waals surface area contributed by atoms with Gasteiger partial charge in [-0.15, -0.1) is 0 Å². The molecule has 0 radical (unpaired) electrons. The zero-order valence-corrected chi connectivity index (χ0v) is 8.60. The molecular weight excluding hydrogens is 250 g/mol. The normalized spacial score (nSPS) is 10.6. The minimum atomic E-state index is -0.891. The van der Waals surface area contributed by atoms with Gasteiger partial charge in [0, 0.05) is 6.20 Å². The number of fused-ring (bicyclic) bond motifs is 1. The second-order valence-electron chi connectivity index (χ2n) is 2.74. The van der Waals surface area contributed by atoms with Gasteiger partial charge in [0.15, 0.2) is 0 Å². The quantitative estimate of drug-likeness (QED) is 0.822. The van der Waals surface area contributed by atoms with Crippen molar-refractivity contribution in [3.63, 3.8) is 0 Å². The molecule has 0 bridgehead atoms. The fourth-order valence-corrected chi connectivity index (χ4v) is 1.65. The van der Waals surface area contributed by atoms with Crippen LogP contribution in [0.5, 0.6) is 0 Å². The lowest BCUT2D eigenvalue weighted by molar-refractivity contribution is -0.137. The van der Waals surface area contributed by atoms with Crippen molar-refractivity contribution < 1.29 is 9.90 Å². The lowest BCUT2D eigenvalue weighted by atomic mass is 10.4. The van der Waals surface area contributed by atoms with Gasteiger partial charge in [0.05, 0.1) is 5.39 Å². The maximum atomic E-state index is 10.5. The fraction of sp³-hybridized carbons (Fsp3) is 0.125. The van der Waals surface area contributed by atoms with E-state index in [1.54, 1.807) is 16.8 Å². The average molecular weight is 256 g/mol. The number of halogens is 1. The first-order chi connectivity index (χ1) is 6.68. The second kappa shape index (κ2) is 3.38. The third kappa shape index (κ3) is 1.48. The summed E-state index contributed by atoms with van der Waals surface area (Å²) in [5.74, 6) is -0.891. The highest BCUT2D eigenvalue weighted by molar-refractivity contribution is 9.10. The summed E-state index contributed by atoms with van der Waals surface area (Å²) in [4.78, 5) is 18.5. The molecule has 2 aromatic heterocycles. The Labute approximate surface area is 87.5 Å². The first-order valence-electron chi connectivity index (χ1n) is 3.85. The van der Waals surface area contributed by atoms with Gasteiger partial charge in [0.1, 0.15) is 23.1 Å². The van der Waals surface area contributed by atoms with Crippen LogP contribution in [0.25, 0.3) is 11.0 Å². The molecule has 0 aromatic carbocycles. The predicted molar refractivity (Wildman–Crippen MR) is 52.9 cm³/mol. The standard InChI is InChI=1S/C8H6BrN3O2/c9-7-5-1-2-12(3-6(13)14)8(5)11-4-10-7/h1-2,4H,3H2,(H,13,14). The van der Waals surface area contributed by atoms with E-state index in [4.69, 9.17) is 5.11 Å². The largest absolute Gasteiger partial charge is 0.480 e. The topological polar surface area (TPSA) is 68.0 Å². The highest BCUT2D eigenvalue weighted by atomic mass is 79.9. The zero-order chi connectivity index (χ0) is 10.1. The van der Waals surface area contributed by atoms with Crippen molar-refractivity contribution >= 4 is 32.9 Å². The smallest absolute Gasteiger partial charge is 0.323 e. The maximum absolute atomic E-state index is 10.5. The monoisotopic (exact) mass is 255 g/mol. The number of nitrogens with zero attached hydrogens (tertiary/aromatic N) is 3. The molecule has 72 valence electrons. The molecule has 0 aliphatic heterocycles. The Bertz CT molecular complexity index is 494. The predicted octanol–water partition coefficient (Wildman–Crippen LogP) is 1.28. The van der Waals surface area contributed by atoms with Crippen LogP contribution in [0, 0.1) is 0 Å². The molecule has 2 rings (SSSR count). The molecule has 0 aliphatic rings. The third-order valence-corrected chi connectivity index (χ3v) is 2.44. The van der Waals surface area contributed by atoms with E-state index in [9.17, 15) is 4.79 Å². The number of carboxylic acids is 1. The van der Waals surface area contributed by atoms with E-state index in [0.717, 1.165) is 5.39 Å². The molecule has 0 spiro atoms. The SMILES string of the molecule is O=C(O)Cn1ccc2c(Br)ncnc21. The van der Waals surface area contributed by atoms with Crippen molar-refractivity contribution in [2.45, 2.75) is 6.54 Å². The van der Waals surface area contributed by atoms with E-state index >= 15 is 0 Å². The van der Waals surface area contributed by atoms with Gasteiger partial charge in [-0.3, -0.25) is 4.79 Å². The summed E-state index contributed by atoms with van der Waals surface area (Å²) < 4.78 is 2.23. The summed E-state index contributed by atoms with van der Waals surface area (Å²) in [5, 5.41) is 9.45. The van der Waals surface area contributed by atoms with Crippen LogP contribution < -0.4 is 0 Å². The molecule has 0 unspecified atom stereocenters. The summed E-state index contributed by atoms with van der Waals surface area (Å²) in [6.45, 7) is -0.0903. The van der Waals surface area contributed by atoms with Crippen molar-refractivity contribution in [3.8, 4) is 0 Å².